The molecule has 0 spiro atoms. The molecule has 1 aromatic rings. The van der Waals surface area contributed by atoms with Gasteiger partial charge in [-0.1, -0.05) is 17.7 Å². The van der Waals surface area contributed by atoms with Gasteiger partial charge in [0.25, 0.3) is 5.91 Å². The smallest absolute Gasteiger partial charge is 0.254 e. The minimum atomic E-state index is -0.0133. The molecule has 0 heterocycles. The second-order valence-corrected chi connectivity index (χ2v) is 4.98. The monoisotopic (exact) mass is 273 g/mol. The molecule has 2 nitrogen and oxygen atoms in total. The number of halogens is 2. The lowest BCUT2D eigenvalue weighted by molar-refractivity contribution is 0.0717. The van der Waals surface area contributed by atoms with Gasteiger partial charge in [-0.2, -0.15) is 0 Å². The molecule has 0 unspecified atom stereocenters. The van der Waals surface area contributed by atoms with E-state index in [1.807, 2.05) is 20.8 Å². The highest BCUT2D eigenvalue weighted by molar-refractivity contribution is 6.31. The van der Waals surface area contributed by atoms with Gasteiger partial charge in [-0.25, -0.2) is 0 Å². The van der Waals surface area contributed by atoms with E-state index in [-0.39, 0.29) is 11.9 Å². The van der Waals surface area contributed by atoms with Gasteiger partial charge in [-0.05, 0) is 38.5 Å². The van der Waals surface area contributed by atoms with Crippen molar-refractivity contribution in [2.24, 2.45) is 0 Å². The highest BCUT2D eigenvalue weighted by Crippen LogP contribution is 2.20. The molecule has 0 aliphatic rings. The van der Waals surface area contributed by atoms with Gasteiger partial charge in [0.1, 0.15) is 0 Å². The van der Waals surface area contributed by atoms with Crippen LogP contribution in [0.2, 0.25) is 5.02 Å². The van der Waals surface area contributed by atoms with Crippen LogP contribution in [0.15, 0.2) is 18.2 Å². The Hall–Kier alpha value is -0.730. The Balaban J connectivity index is 3.05. The van der Waals surface area contributed by atoms with Crippen LogP contribution in [-0.2, 0) is 0 Å². The number of amides is 1. The van der Waals surface area contributed by atoms with Gasteiger partial charge in [-0.3, -0.25) is 4.79 Å². The molecule has 0 radical (unpaired) electrons. The number of benzene rings is 1. The fourth-order valence-electron chi connectivity index (χ4n) is 1.68. The van der Waals surface area contributed by atoms with Crippen LogP contribution in [0.5, 0.6) is 0 Å². The highest BCUT2D eigenvalue weighted by Gasteiger charge is 2.20. The molecule has 1 amide bonds. The molecule has 0 N–H and O–H groups in total. The summed E-state index contributed by atoms with van der Waals surface area (Å²) in [6.07, 6.45) is 0. The lowest BCUT2D eigenvalue weighted by Crippen LogP contribution is -2.38. The average Bonchev–Trinajstić information content (AvgIpc) is 2.28. The van der Waals surface area contributed by atoms with Gasteiger partial charge < -0.3 is 4.90 Å². The third kappa shape index (κ3) is 3.36. The fraction of sp³-hybridized carbons (Fsp3) is 0.462. The topological polar surface area (TPSA) is 20.3 Å². The number of hydrogen-bond acceptors (Lipinski definition) is 1. The van der Waals surface area contributed by atoms with E-state index in [4.69, 9.17) is 23.2 Å². The molecule has 0 aliphatic carbocycles. The second kappa shape index (κ2) is 6.27. The molecule has 94 valence electrons. The van der Waals surface area contributed by atoms with E-state index in [1.165, 1.54) is 0 Å². The molecule has 0 atom stereocenters. The highest BCUT2D eigenvalue weighted by atomic mass is 35.5. The number of nitrogens with zero attached hydrogens (tertiary/aromatic N) is 1. The van der Waals surface area contributed by atoms with E-state index in [0.717, 1.165) is 5.56 Å². The van der Waals surface area contributed by atoms with Crippen LogP contribution in [0.1, 0.15) is 29.8 Å². The number of alkyl halides is 1. The van der Waals surface area contributed by atoms with Gasteiger partial charge in [0.05, 0.1) is 0 Å². The van der Waals surface area contributed by atoms with Crippen LogP contribution in [0.4, 0.5) is 0 Å². The van der Waals surface area contributed by atoms with E-state index in [1.54, 1.807) is 23.1 Å². The normalized spacial score (nSPS) is 10.7. The molecular weight excluding hydrogens is 257 g/mol. The third-order valence-corrected chi connectivity index (χ3v) is 3.29. The average molecular weight is 274 g/mol. The summed E-state index contributed by atoms with van der Waals surface area (Å²) in [5.74, 6) is 0.421. The molecule has 0 bridgehead atoms. The molecule has 1 rings (SSSR count). The molecule has 1 aromatic carbocycles. The first-order valence-electron chi connectivity index (χ1n) is 5.61. The number of rotatable bonds is 4. The summed E-state index contributed by atoms with van der Waals surface area (Å²) >= 11 is 11.7. The Morgan fingerprint density at radius 1 is 1.41 bits per heavy atom. The van der Waals surface area contributed by atoms with Crippen molar-refractivity contribution in [2.45, 2.75) is 26.8 Å². The molecule has 0 saturated heterocycles. The van der Waals surface area contributed by atoms with Crippen LogP contribution < -0.4 is 0 Å². The second-order valence-electron chi connectivity index (χ2n) is 4.19. The van der Waals surface area contributed by atoms with Crippen molar-refractivity contribution in [1.82, 2.24) is 4.90 Å². The first-order chi connectivity index (χ1) is 7.99. The maximum Gasteiger partial charge on any atom is 0.254 e. The quantitative estimate of drug-likeness (QED) is 0.766. The Labute approximate surface area is 113 Å². The summed E-state index contributed by atoms with van der Waals surface area (Å²) in [6, 6.07) is 5.50. The number of carbonyl (C=O) groups is 1. The lowest BCUT2D eigenvalue weighted by Gasteiger charge is -2.26. The van der Waals surface area contributed by atoms with E-state index >= 15 is 0 Å². The van der Waals surface area contributed by atoms with Crippen molar-refractivity contribution >= 4 is 29.1 Å². The van der Waals surface area contributed by atoms with Crippen molar-refractivity contribution in [3.8, 4) is 0 Å². The number of carbonyl (C=O) groups excluding carboxylic acids is 1. The zero-order chi connectivity index (χ0) is 13.0. The van der Waals surface area contributed by atoms with E-state index in [2.05, 4.69) is 0 Å². The summed E-state index contributed by atoms with van der Waals surface area (Å²) in [4.78, 5) is 14.1. The minimum Gasteiger partial charge on any atom is -0.335 e. The Morgan fingerprint density at radius 2 is 2.06 bits per heavy atom. The Kier molecular flexibility index (Phi) is 5.29. The van der Waals surface area contributed by atoms with Crippen LogP contribution in [0, 0.1) is 6.92 Å². The summed E-state index contributed by atoms with van der Waals surface area (Å²) in [7, 11) is 0. The van der Waals surface area contributed by atoms with Gasteiger partial charge in [-0.15, -0.1) is 11.6 Å². The maximum absolute atomic E-state index is 12.4. The van der Waals surface area contributed by atoms with E-state index in [0.29, 0.717) is 23.0 Å². The summed E-state index contributed by atoms with van der Waals surface area (Å²) in [5, 5.41) is 0.616. The third-order valence-electron chi connectivity index (χ3n) is 2.71. The summed E-state index contributed by atoms with van der Waals surface area (Å²) in [5.41, 5.74) is 1.47. The van der Waals surface area contributed by atoms with Crippen LogP contribution in [-0.4, -0.2) is 29.3 Å². The first-order valence-corrected chi connectivity index (χ1v) is 6.52. The molecule has 17 heavy (non-hydrogen) atoms. The van der Waals surface area contributed by atoms with Crippen molar-refractivity contribution in [2.75, 3.05) is 12.4 Å². The minimum absolute atomic E-state index is 0.0133. The standard InChI is InChI=1S/C13H17Cl2NO/c1-9(2)16(8-7-14)13(17)11-5-4-6-12(15)10(11)3/h4-6,9H,7-8H2,1-3H3. The molecule has 0 aliphatic heterocycles. The lowest BCUT2D eigenvalue weighted by atomic mass is 10.1. The predicted octanol–water partition coefficient (Wildman–Crippen LogP) is 3.74. The summed E-state index contributed by atoms with van der Waals surface area (Å²) in [6.45, 7) is 6.35. The molecule has 4 heteroatoms. The fourth-order valence-corrected chi connectivity index (χ4v) is 2.04. The van der Waals surface area contributed by atoms with Gasteiger partial charge >= 0.3 is 0 Å². The van der Waals surface area contributed by atoms with Crippen LogP contribution >= 0.6 is 23.2 Å². The zero-order valence-corrected chi connectivity index (χ0v) is 11.8. The van der Waals surface area contributed by atoms with Crippen molar-refractivity contribution < 1.29 is 4.79 Å². The van der Waals surface area contributed by atoms with Crippen LogP contribution in [0.3, 0.4) is 0 Å². The molecule has 0 fully saturated rings. The first kappa shape index (κ1) is 14.3. The van der Waals surface area contributed by atoms with E-state index in [9.17, 15) is 4.79 Å². The van der Waals surface area contributed by atoms with Crippen LogP contribution in [0.25, 0.3) is 0 Å². The van der Waals surface area contributed by atoms with Crippen molar-refractivity contribution in [1.29, 1.82) is 0 Å². The largest absolute Gasteiger partial charge is 0.335 e. The predicted molar refractivity (Wildman–Crippen MR) is 73.1 cm³/mol. The SMILES string of the molecule is Cc1c(Cl)cccc1C(=O)N(CCCl)C(C)C. The Bertz CT molecular complexity index is 404. The van der Waals surface area contributed by atoms with Gasteiger partial charge in [0.2, 0.25) is 0 Å². The maximum atomic E-state index is 12.4. The Morgan fingerprint density at radius 3 is 2.59 bits per heavy atom. The zero-order valence-electron chi connectivity index (χ0n) is 10.3. The summed E-state index contributed by atoms with van der Waals surface area (Å²) < 4.78 is 0. The molecular formula is C13H17Cl2NO. The van der Waals surface area contributed by atoms with Gasteiger partial charge in [0.15, 0.2) is 0 Å². The van der Waals surface area contributed by atoms with E-state index < -0.39 is 0 Å². The molecule has 0 saturated carbocycles. The van der Waals surface area contributed by atoms with Crippen molar-refractivity contribution in [3.63, 3.8) is 0 Å². The molecule has 0 aromatic heterocycles. The number of hydrogen-bond donors (Lipinski definition) is 0. The van der Waals surface area contributed by atoms with Gasteiger partial charge in [0, 0.05) is 29.1 Å². The van der Waals surface area contributed by atoms with Crippen molar-refractivity contribution in [3.05, 3.63) is 34.3 Å².